The van der Waals surface area contributed by atoms with Gasteiger partial charge in [-0.25, -0.2) is 9.97 Å². The molecule has 0 N–H and O–H groups in total. The second kappa shape index (κ2) is 4.38. The molecule has 0 aliphatic carbocycles. The molecule has 0 unspecified atom stereocenters. The highest BCUT2D eigenvalue weighted by molar-refractivity contribution is 5.93. The topological polar surface area (TPSA) is 46.1 Å². The molecule has 1 fully saturated rings. The summed E-state index contributed by atoms with van der Waals surface area (Å²) in [5, 5.41) is 0. The number of carbonyl (C=O) groups excluding carboxylic acids is 1. The zero-order valence-corrected chi connectivity index (χ0v) is 8.89. The van der Waals surface area contributed by atoms with Crippen molar-refractivity contribution in [1.29, 1.82) is 0 Å². The first kappa shape index (κ1) is 10.1. The zero-order chi connectivity index (χ0) is 10.7. The molecule has 1 saturated heterocycles. The molecule has 2 rings (SSSR count). The normalized spacial score (nSPS) is 17.8. The average Bonchev–Trinajstić information content (AvgIpc) is 2.30. The van der Waals surface area contributed by atoms with Crippen LogP contribution in [-0.2, 0) is 0 Å². The van der Waals surface area contributed by atoms with Crippen molar-refractivity contribution >= 4 is 5.91 Å². The number of aromatic nitrogens is 2. The molecule has 0 spiro atoms. The van der Waals surface area contributed by atoms with Gasteiger partial charge in [0.25, 0.3) is 5.91 Å². The lowest BCUT2D eigenvalue weighted by molar-refractivity contribution is 0.0696. The molecule has 80 valence electrons. The molecule has 1 amide bonds. The molecule has 4 nitrogen and oxygen atoms in total. The van der Waals surface area contributed by atoms with Gasteiger partial charge < -0.3 is 4.90 Å². The van der Waals surface area contributed by atoms with Crippen LogP contribution in [0, 0.1) is 5.92 Å². The van der Waals surface area contributed by atoms with Crippen molar-refractivity contribution in [3.8, 4) is 0 Å². The van der Waals surface area contributed by atoms with Gasteiger partial charge in [-0.2, -0.15) is 0 Å². The molecular formula is C11H15N3O. The Morgan fingerprint density at radius 1 is 1.33 bits per heavy atom. The van der Waals surface area contributed by atoms with E-state index >= 15 is 0 Å². The molecule has 1 aromatic heterocycles. The maximum atomic E-state index is 12.0. The molecule has 0 aromatic carbocycles. The van der Waals surface area contributed by atoms with Crippen LogP contribution < -0.4 is 0 Å². The van der Waals surface area contributed by atoms with E-state index in [1.54, 1.807) is 12.4 Å². The fourth-order valence-corrected chi connectivity index (χ4v) is 1.80. The summed E-state index contributed by atoms with van der Waals surface area (Å²) in [7, 11) is 0. The first-order chi connectivity index (χ1) is 7.27. The third-order valence-corrected chi connectivity index (χ3v) is 2.88. The van der Waals surface area contributed by atoms with Crippen molar-refractivity contribution in [3.05, 3.63) is 24.3 Å². The quantitative estimate of drug-likeness (QED) is 0.695. The van der Waals surface area contributed by atoms with Crippen molar-refractivity contribution in [2.24, 2.45) is 5.92 Å². The van der Waals surface area contributed by atoms with Gasteiger partial charge in [0.1, 0.15) is 6.33 Å². The SMILES string of the molecule is CC1CCN(C(=O)c2cncnc2)CC1. The highest BCUT2D eigenvalue weighted by atomic mass is 16.2. The van der Waals surface area contributed by atoms with Crippen molar-refractivity contribution in [2.45, 2.75) is 19.8 Å². The lowest BCUT2D eigenvalue weighted by atomic mass is 9.99. The Balaban J connectivity index is 2.03. The van der Waals surface area contributed by atoms with Gasteiger partial charge >= 0.3 is 0 Å². The summed E-state index contributed by atoms with van der Waals surface area (Å²) < 4.78 is 0. The van der Waals surface area contributed by atoms with Crippen LogP contribution in [0.3, 0.4) is 0 Å². The van der Waals surface area contributed by atoms with Gasteiger partial charge in [-0.3, -0.25) is 4.79 Å². The highest BCUT2D eigenvalue weighted by Gasteiger charge is 2.21. The Hall–Kier alpha value is -1.45. The third kappa shape index (κ3) is 2.32. The van der Waals surface area contributed by atoms with E-state index in [0.717, 1.165) is 31.8 Å². The van der Waals surface area contributed by atoms with E-state index in [1.165, 1.54) is 6.33 Å². The van der Waals surface area contributed by atoms with Crippen molar-refractivity contribution in [3.63, 3.8) is 0 Å². The van der Waals surface area contributed by atoms with Crippen molar-refractivity contribution in [1.82, 2.24) is 14.9 Å². The number of nitrogens with zero attached hydrogens (tertiary/aromatic N) is 3. The summed E-state index contributed by atoms with van der Waals surface area (Å²) in [6.45, 7) is 3.94. The van der Waals surface area contributed by atoms with Gasteiger partial charge in [-0.05, 0) is 18.8 Å². The van der Waals surface area contributed by atoms with Gasteiger partial charge in [0, 0.05) is 25.5 Å². The standard InChI is InChI=1S/C11H15N3O/c1-9-2-4-14(5-3-9)11(15)10-6-12-8-13-7-10/h6-9H,2-5H2,1H3. The van der Waals surface area contributed by atoms with Crippen LogP contribution >= 0.6 is 0 Å². The molecule has 4 heteroatoms. The van der Waals surface area contributed by atoms with E-state index in [0.29, 0.717) is 5.56 Å². The molecule has 1 aliphatic heterocycles. The van der Waals surface area contributed by atoms with E-state index < -0.39 is 0 Å². The molecule has 1 aromatic rings. The minimum atomic E-state index is 0.0579. The first-order valence-corrected chi connectivity index (χ1v) is 5.31. The summed E-state index contributed by atoms with van der Waals surface area (Å²) in [6, 6.07) is 0. The molecule has 0 saturated carbocycles. The van der Waals surface area contributed by atoms with Crippen molar-refractivity contribution < 1.29 is 4.79 Å². The van der Waals surface area contributed by atoms with E-state index in [-0.39, 0.29) is 5.91 Å². The second-order valence-corrected chi connectivity index (χ2v) is 4.10. The van der Waals surface area contributed by atoms with E-state index in [2.05, 4.69) is 16.9 Å². The van der Waals surface area contributed by atoms with Crippen LogP contribution in [0.15, 0.2) is 18.7 Å². The number of hydrogen-bond donors (Lipinski definition) is 0. The Morgan fingerprint density at radius 3 is 2.53 bits per heavy atom. The first-order valence-electron chi connectivity index (χ1n) is 5.31. The monoisotopic (exact) mass is 205 g/mol. The summed E-state index contributed by atoms with van der Waals surface area (Å²) in [4.78, 5) is 21.6. The zero-order valence-electron chi connectivity index (χ0n) is 8.89. The predicted molar refractivity (Wildman–Crippen MR) is 56.3 cm³/mol. The van der Waals surface area contributed by atoms with Gasteiger partial charge in [0.2, 0.25) is 0 Å². The van der Waals surface area contributed by atoms with Gasteiger partial charge in [0.15, 0.2) is 0 Å². The Morgan fingerprint density at radius 2 is 1.93 bits per heavy atom. The van der Waals surface area contributed by atoms with Gasteiger partial charge in [-0.15, -0.1) is 0 Å². The second-order valence-electron chi connectivity index (χ2n) is 4.10. The summed E-state index contributed by atoms with van der Waals surface area (Å²) in [5.74, 6) is 0.795. The van der Waals surface area contributed by atoms with Crippen LogP contribution in [0.5, 0.6) is 0 Å². The maximum Gasteiger partial charge on any atom is 0.256 e. The maximum absolute atomic E-state index is 12.0. The fourth-order valence-electron chi connectivity index (χ4n) is 1.80. The lowest BCUT2D eigenvalue weighted by Gasteiger charge is -2.30. The number of rotatable bonds is 1. The molecular weight excluding hydrogens is 190 g/mol. The molecule has 0 radical (unpaired) electrons. The summed E-state index contributed by atoms with van der Waals surface area (Å²) in [6.07, 6.45) is 6.79. The van der Waals surface area contributed by atoms with Crippen LogP contribution in [0.1, 0.15) is 30.1 Å². The summed E-state index contributed by atoms with van der Waals surface area (Å²) >= 11 is 0. The predicted octanol–water partition coefficient (Wildman–Crippen LogP) is 1.35. The van der Waals surface area contributed by atoms with Gasteiger partial charge in [0.05, 0.1) is 5.56 Å². The highest BCUT2D eigenvalue weighted by Crippen LogP contribution is 2.17. The molecule has 2 heterocycles. The number of hydrogen-bond acceptors (Lipinski definition) is 3. The number of amides is 1. The lowest BCUT2D eigenvalue weighted by Crippen LogP contribution is -2.37. The van der Waals surface area contributed by atoms with Crippen LogP contribution in [0.25, 0.3) is 0 Å². The Labute approximate surface area is 89.3 Å². The number of likely N-dealkylation sites (tertiary alicyclic amines) is 1. The van der Waals surface area contributed by atoms with Gasteiger partial charge in [-0.1, -0.05) is 6.92 Å². The van der Waals surface area contributed by atoms with Crippen LogP contribution in [-0.4, -0.2) is 33.9 Å². The smallest absolute Gasteiger partial charge is 0.256 e. The molecule has 0 bridgehead atoms. The minimum Gasteiger partial charge on any atom is -0.339 e. The van der Waals surface area contributed by atoms with Crippen LogP contribution in [0.4, 0.5) is 0 Å². The Bertz CT molecular complexity index is 331. The van der Waals surface area contributed by atoms with Crippen molar-refractivity contribution in [2.75, 3.05) is 13.1 Å². The van der Waals surface area contributed by atoms with E-state index in [1.807, 2.05) is 4.90 Å². The average molecular weight is 205 g/mol. The van der Waals surface area contributed by atoms with E-state index in [4.69, 9.17) is 0 Å². The largest absolute Gasteiger partial charge is 0.339 e. The summed E-state index contributed by atoms with van der Waals surface area (Å²) in [5.41, 5.74) is 0.590. The number of carbonyl (C=O) groups is 1. The molecule has 1 aliphatic rings. The third-order valence-electron chi connectivity index (χ3n) is 2.88. The minimum absolute atomic E-state index is 0.0579. The number of piperidine rings is 1. The molecule has 15 heavy (non-hydrogen) atoms. The molecule has 0 atom stereocenters. The van der Waals surface area contributed by atoms with E-state index in [9.17, 15) is 4.79 Å². The fraction of sp³-hybridized carbons (Fsp3) is 0.545. The Kier molecular flexibility index (Phi) is 2.94. The van der Waals surface area contributed by atoms with Crippen LogP contribution in [0.2, 0.25) is 0 Å².